The molecule has 88 valence electrons. The fraction of sp³-hybridized carbons (Fsp3) is 0.0833. The zero-order valence-corrected chi connectivity index (χ0v) is 10.7. The zero-order valence-electron chi connectivity index (χ0n) is 9.15. The molecule has 0 aliphatic carbocycles. The highest BCUT2D eigenvalue weighted by atomic mass is 79.9. The van der Waals surface area contributed by atoms with Crippen molar-refractivity contribution in [2.75, 3.05) is 16.8 Å². The van der Waals surface area contributed by atoms with E-state index in [2.05, 4.69) is 26.2 Å². The molecule has 2 aromatic rings. The Labute approximate surface area is 108 Å². The third-order valence-electron chi connectivity index (χ3n) is 2.34. The Kier molecular flexibility index (Phi) is 3.49. The molecule has 1 aromatic heterocycles. The van der Waals surface area contributed by atoms with Gasteiger partial charge in [-0.3, -0.25) is 0 Å². The molecule has 0 aliphatic heterocycles. The summed E-state index contributed by atoms with van der Waals surface area (Å²) in [5.41, 5.74) is 12.9. The van der Waals surface area contributed by atoms with Crippen LogP contribution in [0.1, 0.15) is 5.56 Å². The highest BCUT2D eigenvalue weighted by molar-refractivity contribution is 9.10. The molecule has 0 spiro atoms. The van der Waals surface area contributed by atoms with Gasteiger partial charge in [0.2, 0.25) is 0 Å². The minimum atomic E-state index is 0.353. The standard InChI is InChI=1S/C12H13BrN4/c13-9-3-1-8(2-4-9)7-16-11-6-5-10(14)12(15)17-11/h1-6H,7,14H2,(H3,15,16,17). The summed E-state index contributed by atoms with van der Waals surface area (Å²) in [5, 5.41) is 3.19. The maximum Gasteiger partial charge on any atom is 0.149 e. The van der Waals surface area contributed by atoms with Gasteiger partial charge < -0.3 is 16.8 Å². The Morgan fingerprint density at radius 1 is 1.06 bits per heavy atom. The second-order valence-corrected chi connectivity index (χ2v) is 4.57. The van der Waals surface area contributed by atoms with Gasteiger partial charge in [0.1, 0.15) is 11.6 Å². The van der Waals surface area contributed by atoms with Crippen molar-refractivity contribution < 1.29 is 0 Å². The number of hydrogen-bond acceptors (Lipinski definition) is 4. The molecule has 17 heavy (non-hydrogen) atoms. The number of nitrogen functional groups attached to an aromatic ring is 2. The van der Waals surface area contributed by atoms with Crippen LogP contribution in [0.4, 0.5) is 17.3 Å². The molecule has 0 saturated heterocycles. The van der Waals surface area contributed by atoms with Gasteiger partial charge in [-0.05, 0) is 29.8 Å². The van der Waals surface area contributed by atoms with Gasteiger partial charge in [0.15, 0.2) is 0 Å². The molecular weight excluding hydrogens is 280 g/mol. The number of pyridine rings is 1. The van der Waals surface area contributed by atoms with E-state index in [1.54, 1.807) is 6.07 Å². The average molecular weight is 293 g/mol. The summed E-state index contributed by atoms with van der Waals surface area (Å²) in [6, 6.07) is 11.6. The van der Waals surface area contributed by atoms with Crippen LogP contribution >= 0.6 is 15.9 Å². The largest absolute Gasteiger partial charge is 0.396 e. The van der Waals surface area contributed by atoms with E-state index in [9.17, 15) is 0 Å². The van der Waals surface area contributed by atoms with E-state index in [1.165, 1.54) is 5.56 Å². The van der Waals surface area contributed by atoms with Crippen LogP contribution < -0.4 is 16.8 Å². The maximum absolute atomic E-state index is 5.63. The van der Waals surface area contributed by atoms with Crippen molar-refractivity contribution in [3.63, 3.8) is 0 Å². The van der Waals surface area contributed by atoms with Gasteiger partial charge >= 0.3 is 0 Å². The molecule has 0 amide bonds. The molecular formula is C12H13BrN4. The fourth-order valence-electron chi connectivity index (χ4n) is 1.38. The van der Waals surface area contributed by atoms with E-state index < -0.39 is 0 Å². The van der Waals surface area contributed by atoms with Gasteiger partial charge in [-0.15, -0.1) is 0 Å². The Bertz CT molecular complexity index is 510. The molecule has 0 saturated carbocycles. The predicted octanol–water partition coefficient (Wildman–Crippen LogP) is 2.62. The minimum absolute atomic E-state index is 0.353. The van der Waals surface area contributed by atoms with Crippen LogP contribution in [-0.4, -0.2) is 4.98 Å². The number of rotatable bonds is 3. The van der Waals surface area contributed by atoms with Gasteiger partial charge in [-0.1, -0.05) is 28.1 Å². The Balaban J connectivity index is 2.02. The summed E-state index contributed by atoms with van der Waals surface area (Å²) in [7, 11) is 0. The first-order chi connectivity index (χ1) is 8.15. The molecule has 5 N–H and O–H groups in total. The minimum Gasteiger partial charge on any atom is -0.396 e. The van der Waals surface area contributed by atoms with E-state index in [-0.39, 0.29) is 0 Å². The summed E-state index contributed by atoms with van der Waals surface area (Å²) in [6.07, 6.45) is 0. The van der Waals surface area contributed by atoms with Crippen LogP contribution in [0.25, 0.3) is 0 Å². The number of nitrogens with one attached hydrogen (secondary N) is 1. The van der Waals surface area contributed by atoms with Gasteiger partial charge in [-0.25, -0.2) is 4.98 Å². The third-order valence-corrected chi connectivity index (χ3v) is 2.87. The fourth-order valence-corrected chi connectivity index (χ4v) is 1.64. The first kappa shape index (κ1) is 11.7. The molecule has 0 bridgehead atoms. The van der Waals surface area contributed by atoms with Crippen molar-refractivity contribution >= 4 is 33.3 Å². The first-order valence-corrected chi connectivity index (χ1v) is 5.95. The van der Waals surface area contributed by atoms with Crippen molar-refractivity contribution in [1.82, 2.24) is 4.98 Å². The molecule has 1 aromatic carbocycles. The molecule has 5 heteroatoms. The average Bonchev–Trinajstić information content (AvgIpc) is 2.33. The second-order valence-electron chi connectivity index (χ2n) is 3.65. The summed E-state index contributed by atoms with van der Waals surface area (Å²) in [6.45, 7) is 0.698. The Morgan fingerprint density at radius 3 is 2.41 bits per heavy atom. The van der Waals surface area contributed by atoms with Crippen LogP contribution in [-0.2, 0) is 6.54 Å². The number of nitrogens with two attached hydrogens (primary N) is 2. The van der Waals surface area contributed by atoms with E-state index in [0.29, 0.717) is 18.1 Å². The highest BCUT2D eigenvalue weighted by Crippen LogP contribution is 2.16. The number of hydrogen-bond donors (Lipinski definition) is 3. The highest BCUT2D eigenvalue weighted by Gasteiger charge is 1.99. The number of halogens is 1. The number of benzene rings is 1. The molecule has 2 rings (SSSR count). The third kappa shape index (κ3) is 3.10. The monoisotopic (exact) mass is 292 g/mol. The SMILES string of the molecule is Nc1ccc(NCc2ccc(Br)cc2)nc1N. The molecule has 0 fully saturated rings. The van der Waals surface area contributed by atoms with Crippen LogP contribution in [0.15, 0.2) is 40.9 Å². The summed E-state index contributed by atoms with van der Waals surface area (Å²) in [5.74, 6) is 1.07. The van der Waals surface area contributed by atoms with Crippen molar-refractivity contribution in [2.24, 2.45) is 0 Å². The van der Waals surface area contributed by atoms with Crippen molar-refractivity contribution in [3.8, 4) is 0 Å². The molecule has 1 heterocycles. The lowest BCUT2D eigenvalue weighted by atomic mass is 10.2. The van der Waals surface area contributed by atoms with Gasteiger partial charge in [0, 0.05) is 11.0 Å². The molecule has 0 aliphatic rings. The second kappa shape index (κ2) is 5.05. The van der Waals surface area contributed by atoms with E-state index in [0.717, 1.165) is 10.3 Å². The van der Waals surface area contributed by atoms with Gasteiger partial charge in [0.25, 0.3) is 0 Å². The molecule has 0 unspecified atom stereocenters. The van der Waals surface area contributed by atoms with Crippen molar-refractivity contribution in [2.45, 2.75) is 6.54 Å². The summed E-state index contributed by atoms with van der Waals surface area (Å²) < 4.78 is 1.07. The van der Waals surface area contributed by atoms with E-state index in [4.69, 9.17) is 11.5 Å². The maximum atomic E-state index is 5.63. The van der Waals surface area contributed by atoms with Gasteiger partial charge in [-0.2, -0.15) is 0 Å². The normalized spacial score (nSPS) is 10.2. The van der Waals surface area contributed by atoms with E-state index >= 15 is 0 Å². The lowest BCUT2D eigenvalue weighted by Gasteiger charge is -2.07. The summed E-state index contributed by atoms with van der Waals surface area (Å²) >= 11 is 3.40. The molecule has 0 atom stereocenters. The zero-order chi connectivity index (χ0) is 12.3. The Hall–Kier alpha value is -1.75. The lowest BCUT2D eigenvalue weighted by Crippen LogP contribution is -2.04. The molecule has 4 nitrogen and oxygen atoms in total. The smallest absolute Gasteiger partial charge is 0.149 e. The van der Waals surface area contributed by atoms with E-state index in [1.807, 2.05) is 30.3 Å². The topological polar surface area (TPSA) is 77.0 Å². The first-order valence-electron chi connectivity index (χ1n) is 5.15. The van der Waals surface area contributed by atoms with Crippen LogP contribution in [0.3, 0.4) is 0 Å². The molecule has 0 radical (unpaired) electrons. The number of aromatic nitrogens is 1. The van der Waals surface area contributed by atoms with Crippen LogP contribution in [0, 0.1) is 0 Å². The number of nitrogens with zero attached hydrogens (tertiary/aromatic N) is 1. The predicted molar refractivity (Wildman–Crippen MR) is 74.5 cm³/mol. The summed E-state index contributed by atoms with van der Waals surface area (Å²) in [4.78, 5) is 4.14. The quantitative estimate of drug-likeness (QED) is 0.813. The van der Waals surface area contributed by atoms with Gasteiger partial charge in [0.05, 0.1) is 5.69 Å². The van der Waals surface area contributed by atoms with Crippen LogP contribution in [0.5, 0.6) is 0 Å². The Morgan fingerprint density at radius 2 is 1.76 bits per heavy atom. The van der Waals surface area contributed by atoms with Crippen molar-refractivity contribution in [1.29, 1.82) is 0 Å². The number of anilines is 3. The lowest BCUT2D eigenvalue weighted by molar-refractivity contribution is 1.11. The van der Waals surface area contributed by atoms with Crippen LogP contribution in [0.2, 0.25) is 0 Å². The van der Waals surface area contributed by atoms with Crippen molar-refractivity contribution in [3.05, 3.63) is 46.4 Å².